The van der Waals surface area contributed by atoms with Gasteiger partial charge >= 0.3 is 0 Å². The summed E-state index contributed by atoms with van der Waals surface area (Å²) in [5, 5.41) is 13.9. The summed E-state index contributed by atoms with van der Waals surface area (Å²) in [7, 11) is 0. The third kappa shape index (κ3) is 4.19. The number of carbonyl (C=O) groups is 1. The van der Waals surface area contributed by atoms with Gasteiger partial charge in [-0.3, -0.25) is 4.79 Å². The number of rotatable bonds is 6. The predicted octanol–water partition coefficient (Wildman–Crippen LogP) is 2.70. The Morgan fingerprint density at radius 2 is 2.14 bits per heavy atom. The standard InChI is InChI=1S/C22H29N5O2/c1-15(2)12-20-24-16-6-3-4-8-18(16)27(20)13-21(28)25-17-7-5-9-19(22(17)29)26-11-10-23-14-26/h3-4,6,8,10-11,14-15,17,19,22,29H,5,7,9,12-13H2,1-2H3,(H,25,28)/t17-,19-,22-/m1/s1. The van der Waals surface area contributed by atoms with E-state index in [2.05, 4.69) is 24.1 Å². The summed E-state index contributed by atoms with van der Waals surface area (Å²) in [5.74, 6) is 1.29. The lowest BCUT2D eigenvalue weighted by Crippen LogP contribution is -2.50. The highest BCUT2D eigenvalue weighted by Gasteiger charge is 2.33. The molecule has 1 aliphatic carbocycles. The molecule has 0 aliphatic heterocycles. The van der Waals surface area contributed by atoms with Gasteiger partial charge in [0.25, 0.3) is 0 Å². The van der Waals surface area contributed by atoms with E-state index in [1.807, 2.05) is 39.6 Å². The van der Waals surface area contributed by atoms with Crippen molar-refractivity contribution in [2.75, 3.05) is 0 Å². The molecule has 0 unspecified atom stereocenters. The third-order valence-corrected chi connectivity index (χ3v) is 5.70. The summed E-state index contributed by atoms with van der Waals surface area (Å²) in [4.78, 5) is 21.7. The van der Waals surface area contributed by atoms with Gasteiger partial charge < -0.3 is 19.6 Å². The SMILES string of the molecule is CC(C)Cc1nc2ccccc2n1CC(=O)N[C@@H]1CCC[C@@H](n2ccnc2)[C@@H]1O. The normalized spacial score (nSPS) is 22.3. The lowest BCUT2D eigenvalue weighted by Gasteiger charge is -2.35. The Hall–Kier alpha value is -2.67. The van der Waals surface area contributed by atoms with Gasteiger partial charge in [0.15, 0.2) is 0 Å². The number of aromatic nitrogens is 4. The number of nitrogens with zero attached hydrogens (tertiary/aromatic N) is 4. The molecule has 29 heavy (non-hydrogen) atoms. The Morgan fingerprint density at radius 1 is 1.31 bits per heavy atom. The second kappa shape index (κ2) is 8.37. The van der Waals surface area contributed by atoms with Crippen LogP contribution in [0.1, 0.15) is 45.0 Å². The maximum Gasteiger partial charge on any atom is 0.240 e. The molecule has 1 aromatic carbocycles. The smallest absolute Gasteiger partial charge is 0.240 e. The Labute approximate surface area is 170 Å². The highest BCUT2D eigenvalue weighted by atomic mass is 16.3. The minimum Gasteiger partial charge on any atom is -0.389 e. The Kier molecular flexibility index (Phi) is 5.67. The van der Waals surface area contributed by atoms with Crippen LogP contribution in [0.25, 0.3) is 11.0 Å². The van der Waals surface area contributed by atoms with E-state index in [0.717, 1.165) is 42.5 Å². The van der Waals surface area contributed by atoms with E-state index >= 15 is 0 Å². The first-order valence-corrected chi connectivity index (χ1v) is 10.4. The quantitative estimate of drug-likeness (QED) is 0.672. The summed E-state index contributed by atoms with van der Waals surface area (Å²) >= 11 is 0. The number of hydrogen-bond acceptors (Lipinski definition) is 4. The molecule has 3 atom stereocenters. The van der Waals surface area contributed by atoms with Gasteiger partial charge in [-0.1, -0.05) is 26.0 Å². The van der Waals surface area contributed by atoms with E-state index in [4.69, 9.17) is 4.98 Å². The van der Waals surface area contributed by atoms with Gasteiger partial charge in [0.1, 0.15) is 12.4 Å². The van der Waals surface area contributed by atoms with E-state index in [1.54, 1.807) is 12.5 Å². The Morgan fingerprint density at radius 3 is 2.90 bits per heavy atom. The topological polar surface area (TPSA) is 85.0 Å². The van der Waals surface area contributed by atoms with Crippen LogP contribution in [-0.2, 0) is 17.8 Å². The molecular formula is C22H29N5O2. The summed E-state index contributed by atoms with van der Waals surface area (Å²) < 4.78 is 3.94. The van der Waals surface area contributed by atoms with E-state index in [9.17, 15) is 9.90 Å². The van der Waals surface area contributed by atoms with Crippen LogP contribution in [0, 0.1) is 5.92 Å². The second-order valence-corrected chi connectivity index (χ2v) is 8.37. The molecule has 0 bridgehead atoms. The molecule has 7 heteroatoms. The van der Waals surface area contributed by atoms with Gasteiger partial charge in [0.05, 0.1) is 35.5 Å². The molecule has 0 spiro atoms. The third-order valence-electron chi connectivity index (χ3n) is 5.70. The average Bonchev–Trinajstić information content (AvgIpc) is 3.32. The van der Waals surface area contributed by atoms with Crippen LogP contribution in [-0.4, -0.2) is 42.3 Å². The van der Waals surface area contributed by atoms with Crippen LogP contribution >= 0.6 is 0 Å². The van der Waals surface area contributed by atoms with Gasteiger partial charge in [-0.2, -0.15) is 0 Å². The number of aliphatic hydroxyl groups excluding tert-OH is 1. The number of para-hydroxylation sites is 2. The fourth-order valence-electron chi connectivity index (χ4n) is 4.32. The van der Waals surface area contributed by atoms with Crippen molar-refractivity contribution in [3.63, 3.8) is 0 Å². The second-order valence-electron chi connectivity index (χ2n) is 8.37. The van der Waals surface area contributed by atoms with E-state index in [-0.39, 0.29) is 24.5 Å². The van der Waals surface area contributed by atoms with Crippen LogP contribution in [0.15, 0.2) is 43.0 Å². The number of amides is 1. The molecule has 1 aliphatic rings. The van der Waals surface area contributed by atoms with Crippen LogP contribution in [0.5, 0.6) is 0 Å². The van der Waals surface area contributed by atoms with Gasteiger partial charge in [-0.15, -0.1) is 0 Å². The number of nitrogens with one attached hydrogen (secondary N) is 1. The van der Waals surface area contributed by atoms with Crippen molar-refractivity contribution in [3.05, 3.63) is 48.8 Å². The maximum absolute atomic E-state index is 12.9. The first-order valence-electron chi connectivity index (χ1n) is 10.4. The molecular weight excluding hydrogens is 366 g/mol. The molecule has 0 radical (unpaired) electrons. The highest BCUT2D eigenvalue weighted by molar-refractivity contribution is 5.81. The molecule has 2 heterocycles. The monoisotopic (exact) mass is 395 g/mol. The first-order chi connectivity index (χ1) is 14.0. The number of imidazole rings is 2. The number of hydrogen-bond donors (Lipinski definition) is 2. The molecule has 3 aromatic rings. The fraction of sp³-hybridized carbons (Fsp3) is 0.500. The zero-order chi connectivity index (χ0) is 20.4. The van der Waals surface area contributed by atoms with Gasteiger partial charge in [-0.05, 0) is 37.3 Å². The minimum atomic E-state index is -0.628. The van der Waals surface area contributed by atoms with Crippen molar-refractivity contribution < 1.29 is 9.90 Å². The zero-order valence-corrected chi connectivity index (χ0v) is 17.0. The summed E-state index contributed by atoms with van der Waals surface area (Å²) in [6.07, 6.45) is 8.12. The first kappa shape index (κ1) is 19.6. The predicted molar refractivity (Wildman–Crippen MR) is 111 cm³/mol. The van der Waals surface area contributed by atoms with Crippen LogP contribution in [0.3, 0.4) is 0 Å². The van der Waals surface area contributed by atoms with Crippen molar-refractivity contribution in [1.82, 2.24) is 24.4 Å². The molecule has 2 aromatic heterocycles. The summed E-state index contributed by atoms with van der Waals surface area (Å²) in [6, 6.07) is 7.61. The molecule has 1 fully saturated rings. The van der Waals surface area contributed by atoms with E-state index in [1.165, 1.54) is 0 Å². The molecule has 0 saturated heterocycles. The summed E-state index contributed by atoms with van der Waals surface area (Å²) in [6.45, 7) is 4.51. The molecule has 1 amide bonds. The lowest BCUT2D eigenvalue weighted by atomic mass is 9.88. The van der Waals surface area contributed by atoms with Gasteiger partial charge in [-0.25, -0.2) is 9.97 Å². The van der Waals surface area contributed by atoms with Crippen LogP contribution in [0.4, 0.5) is 0 Å². The van der Waals surface area contributed by atoms with Crippen molar-refractivity contribution in [1.29, 1.82) is 0 Å². The minimum absolute atomic E-state index is 0.0536. The van der Waals surface area contributed by atoms with E-state index in [0.29, 0.717) is 5.92 Å². The maximum atomic E-state index is 12.9. The molecule has 1 saturated carbocycles. The van der Waals surface area contributed by atoms with E-state index < -0.39 is 6.10 Å². The summed E-state index contributed by atoms with van der Waals surface area (Å²) in [5.41, 5.74) is 1.88. The van der Waals surface area contributed by atoms with Crippen molar-refractivity contribution >= 4 is 16.9 Å². The average molecular weight is 396 g/mol. The number of aliphatic hydroxyl groups is 1. The van der Waals surface area contributed by atoms with Crippen LogP contribution < -0.4 is 5.32 Å². The fourth-order valence-corrected chi connectivity index (χ4v) is 4.32. The number of benzene rings is 1. The Balaban J connectivity index is 1.50. The largest absolute Gasteiger partial charge is 0.389 e. The van der Waals surface area contributed by atoms with Gasteiger partial charge in [0, 0.05) is 18.8 Å². The Bertz CT molecular complexity index is 963. The van der Waals surface area contributed by atoms with Crippen molar-refractivity contribution in [2.45, 2.75) is 64.3 Å². The molecule has 154 valence electrons. The number of carbonyl (C=O) groups excluding carboxylic acids is 1. The molecule has 7 nitrogen and oxygen atoms in total. The van der Waals surface area contributed by atoms with Crippen molar-refractivity contribution in [2.24, 2.45) is 5.92 Å². The lowest BCUT2D eigenvalue weighted by molar-refractivity contribution is -0.124. The zero-order valence-electron chi connectivity index (χ0n) is 17.0. The van der Waals surface area contributed by atoms with Crippen LogP contribution in [0.2, 0.25) is 0 Å². The molecule has 2 N–H and O–H groups in total. The van der Waals surface area contributed by atoms with Crippen molar-refractivity contribution in [3.8, 4) is 0 Å². The molecule has 4 rings (SSSR count). The van der Waals surface area contributed by atoms with Gasteiger partial charge in [0.2, 0.25) is 5.91 Å². The number of fused-ring (bicyclic) bond motifs is 1. The highest BCUT2D eigenvalue weighted by Crippen LogP contribution is 2.29.